The van der Waals surface area contributed by atoms with Crippen molar-refractivity contribution in [1.82, 2.24) is 0 Å². The van der Waals surface area contributed by atoms with Crippen molar-refractivity contribution in [3.8, 4) is 0 Å². The minimum atomic E-state index is -0.218. The molecule has 0 aliphatic carbocycles. The van der Waals surface area contributed by atoms with E-state index >= 15 is 0 Å². The van der Waals surface area contributed by atoms with Crippen molar-refractivity contribution in [3.05, 3.63) is 36.0 Å². The van der Waals surface area contributed by atoms with Crippen LogP contribution >= 0.6 is 0 Å². The number of hydrogen-bond acceptors (Lipinski definition) is 2. The van der Waals surface area contributed by atoms with E-state index in [1.54, 1.807) is 0 Å². The Morgan fingerprint density at radius 3 is 2.50 bits per heavy atom. The molecular formula is C12H18O2. The van der Waals surface area contributed by atoms with Gasteiger partial charge in [-0.25, -0.2) is 0 Å². The quantitative estimate of drug-likeness (QED) is 0.496. The molecule has 14 heavy (non-hydrogen) atoms. The van der Waals surface area contributed by atoms with Gasteiger partial charge in [0, 0.05) is 0 Å². The molecule has 0 unspecified atom stereocenters. The molecule has 0 spiro atoms. The number of hydrogen-bond donors (Lipinski definition) is 0. The van der Waals surface area contributed by atoms with E-state index in [1.807, 2.05) is 32.1 Å². The van der Waals surface area contributed by atoms with Crippen molar-refractivity contribution in [2.45, 2.75) is 26.7 Å². The second kappa shape index (κ2) is 7.13. The van der Waals surface area contributed by atoms with E-state index in [4.69, 9.17) is 0 Å². The zero-order valence-corrected chi connectivity index (χ0v) is 9.17. The molecule has 0 saturated carbocycles. The monoisotopic (exact) mass is 194 g/mol. The Labute approximate surface area is 86.0 Å². The molecule has 0 aliphatic rings. The van der Waals surface area contributed by atoms with Crippen LogP contribution < -0.4 is 0 Å². The van der Waals surface area contributed by atoms with Crippen LogP contribution in [0.2, 0.25) is 0 Å². The fourth-order valence-corrected chi connectivity index (χ4v) is 0.839. The van der Waals surface area contributed by atoms with E-state index < -0.39 is 0 Å². The van der Waals surface area contributed by atoms with Gasteiger partial charge in [0.2, 0.25) is 0 Å². The molecule has 0 saturated heterocycles. The van der Waals surface area contributed by atoms with Gasteiger partial charge in [0.15, 0.2) is 0 Å². The van der Waals surface area contributed by atoms with E-state index in [9.17, 15) is 4.79 Å². The number of carbonyl (C=O) groups is 1. The average molecular weight is 194 g/mol. The molecule has 0 aromatic rings. The normalized spacial score (nSPS) is 11.8. The Morgan fingerprint density at radius 2 is 2.07 bits per heavy atom. The average Bonchev–Trinajstić information content (AvgIpc) is 2.22. The van der Waals surface area contributed by atoms with Gasteiger partial charge in [-0.3, -0.25) is 4.79 Å². The lowest BCUT2D eigenvalue weighted by Gasteiger charge is -2.00. The summed E-state index contributed by atoms with van der Waals surface area (Å²) in [6.45, 7) is 7.79. The Kier molecular flexibility index (Phi) is 6.46. The van der Waals surface area contributed by atoms with Crippen LogP contribution in [0.1, 0.15) is 26.7 Å². The van der Waals surface area contributed by atoms with Crippen LogP contribution in [0.15, 0.2) is 36.0 Å². The van der Waals surface area contributed by atoms with Crippen molar-refractivity contribution < 1.29 is 9.53 Å². The first-order valence-corrected chi connectivity index (χ1v) is 4.71. The molecule has 0 atom stereocenters. The number of rotatable bonds is 5. The Morgan fingerprint density at radius 1 is 1.43 bits per heavy atom. The highest BCUT2D eigenvalue weighted by molar-refractivity contribution is 5.73. The maximum atomic E-state index is 11.0. The molecule has 0 aromatic heterocycles. The van der Waals surface area contributed by atoms with Gasteiger partial charge in [-0.15, -0.1) is 0 Å². The Hall–Kier alpha value is -1.31. The fraction of sp³-hybridized carbons (Fsp3) is 0.417. The third kappa shape index (κ3) is 5.36. The molecular weight excluding hydrogens is 176 g/mol. The van der Waals surface area contributed by atoms with Gasteiger partial charge >= 0.3 is 5.97 Å². The maximum Gasteiger partial charge on any atom is 0.309 e. The summed E-state index contributed by atoms with van der Waals surface area (Å²) in [6, 6.07) is 0. The van der Waals surface area contributed by atoms with Crippen molar-refractivity contribution >= 4 is 5.97 Å². The first-order valence-electron chi connectivity index (χ1n) is 4.71. The van der Waals surface area contributed by atoms with Gasteiger partial charge in [0.05, 0.1) is 13.5 Å². The van der Waals surface area contributed by atoms with Crippen LogP contribution in [0.25, 0.3) is 0 Å². The van der Waals surface area contributed by atoms with E-state index in [0.717, 1.165) is 17.6 Å². The Bertz CT molecular complexity index is 259. The third-order valence-electron chi connectivity index (χ3n) is 1.93. The van der Waals surface area contributed by atoms with Crippen LogP contribution in [0, 0.1) is 0 Å². The molecule has 0 aliphatic heterocycles. The molecule has 2 nitrogen and oxygen atoms in total. The van der Waals surface area contributed by atoms with E-state index in [-0.39, 0.29) is 5.97 Å². The summed E-state index contributed by atoms with van der Waals surface area (Å²) in [7, 11) is 1.39. The first-order chi connectivity index (χ1) is 6.63. The highest BCUT2D eigenvalue weighted by Gasteiger charge is 2.01. The number of ether oxygens (including phenoxy) is 1. The van der Waals surface area contributed by atoms with Gasteiger partial charge in [-0.2, -0.15) is 0 Å². The maximum absolute atomic E-state index is 11.0. The molecule has 78 valence electrons. The van der Waals surface area contributed by atoms with Crippen LogP contribution in [-0.2, 0) is 9.53 Å². The smallest absolute Gasteiger partial charge is 0.309 e. The SMILES string of the molecule is C=C(/C=C\C(=C/C)CC(=O)OC)CC. The summed E-state index contributed by atoms with van der Waals surface area (Å²) in [4.78, 5) is 11.0. The van der Waals surface area contributed by atoms with Gasteiger partial charge < -0.3 is 4.74 Å². The van der Waals surface area contributed by atoms with E-state index in [0.29, 0.717) is 6.42 Å². The zero-order chi connectivity index (χ0) is 11.0. The lowest BCUT2D eigenvalue weighted by molar-refractivity contribution is -0.139. The summed E-state index contributed by atoms with van der Waals surface area (Å²) >= 11 is 0. The molecule has 0 heterocycles. The molecule has 0 radical (unpaired) electrons. The minimum absolute atomic E-state index is 0.218. The first kappa shape index (κ1) is 12.7. The largest absolute Gasteiger partial charge is 0.469 e. The molecule has 0 amide bonds. The summed E-state index contributed by atoms with van der Waals surface area (Å²) in [5, 5.41) is 0. The minimum Gasteiger partial charge on any atom is -0.469 e. The molecule has 0 rings (SSSR count). The summed E-state index contributed by atoms with van der Waals surface area (Å²) in [6.07, 6.45) is 6.98. The predicted molar refractivity (Wildman–Crippen MR) is 59.0 cm³/mol. The zero-order valence-electron chi connectivity index (χ0n) is 9.17. The van der Waals surface area contributed by atoms with Crippen LogP contribution in [0.4, 0.5) is 0 Å². The number of methoxy groups -OCH3 is 1. The number of esters is 1. The van der Waals surface area contributed by atoms with Crippen molar-refractivity contribution in [3.63, 3.8) is 0 Å². The van der Waals surface area contributed by atoms with Crippen molar-refractivity contribution in [2.75, 3.05) is 7.11 Å². The van der Waals surface area contributed by atoms with Crippen molar-refractivity contribution in [1.29, 1.82) is 0 Å². The summed E-state index contributed by atoms with van der Waals surface area (Å²) in [5.74, 6) is -0.218. The summed E-state index contributed by atoms with van der Waals surface area (Å²) in [5.41, 5.74) is 2.00. The second-order valence-corrected chi connectivity index (χ2v) is 2.96. The van der Waals surface area contributed by atoms with E-state index in [1.165, 1.54) is 7.11 Å². The molecule has 0 fully saturated rings. The standard InChI is InChI=1S/C12H18O2/c1-5-10(3)7-8-11(6-2)9-12(13)14-4/h6-8H,3,5,9H2,1-2,4H3/b8-7-,11-6+. The van der Waals surface area contributed by atoms with Crippen LogP contribution in [0.3, 0.4) is 0 Å². The van der Waals surface area contributed by atoms with Gasteiger partial charge in [-0.05, 0) is 18.9 Å². The fourth-order valence-electron chi connectivity index (χ4n) is 0.839. The molecule has 2 heteroatoms. The summed E-state index contributed by atoms with van der Waals surface area (Å²) < 4.78 is 4.58. The molecule has 0 bridgehead atoms. The van der Waals surface area contributed by atoms with E-state index in [2.05, 4.69) is 11.3 Å². The van der Waals surface area contributed by atoms with Crippen molar-refractivity contribution in [2.24, 2.45) is 0 Å². The van der Waals surface area contributed by atoms with Gasteiger partial charge in [0.1, 0.15) is 0 Å². The van der Waals surface area contributed by atoms with Crippen LogP contribution in [0.5, 0.6) is 0 Å². The molecule has 0 aromatic carbocycles. The molecule has 0 N–H and O–H groups in total. The lowest BCUT2D eigenvalue weighted by Crippen LogP contribution is -2.00. The number of carbonyl (C=O) groups excluding carboxylic acids is 1. The number of allylic oxidation sites excluding steroid dienone is 4. The highest BCUT2D eigenvalue weighted by atomic mass is 16.5. The highest BCUT2D eigenvalue weighted by Crippen LogP contribution is 2.07. The second-order valence-electron chi connectivity index (χ2n) is 2.96. The van der Waals surface area contributed by atoms with Crippen LogP contribution in [-0.4, -0.2) is 13.1 Å². The third-order valence-corrected chi connectivity index (χ3v) is 1.93. The Balaban J connectivity index is 4.25. The van der Waals surface area contributed by atoms with Gasteiger partial charge in [-0.1, -0.05) is 37.3 Å². The lowest BCUT2D eigenvalue weighted by atomic mass is 10.1. The predicted octanol–water partition coefficient (Wildman–Crippen LogP) is 3.02. The van der Waals surface area contributed by atoms with Gasteiger partial charge in [0.25, 0.3) is 0 Å². The topological polar surface area (TPSA) is 26.3 Å².